The molecule has 0 radical (unpaired) electrons. The van der Waals surface area contributed by atoms with Gasteiger partial charge in [-0.25, -0.2) is 0 Å². The van der Waals surface area contributed by atoms with Gasteiger partial charge < -0.3 is 10.4 Å². The van der Waals surface area contributed by atoms with Gasteiger partial charge in [-0.05, 0) is 25.5 Å². The van der Waals surface area contributed by atoms with Crippen molar-refractivity contribution in [3.05, 3.63) is 33.9 Å². The Morgan fingerprint density at radius 1 is 1.45 bits per heavy atom. The van der Waals surface area contributed by atoms with Crippen molar-refractivity contribution >= 4 is 11.6 Å². The molecule has 0 spiro atoms. The predicted octanol–water partition coefficient (Wildman–Crippen LogP) is 3.00. The normalized spacial score (nSPS) is 11.9. The largest absolute Gasteiger partial charge is 0.502 e. The van der Waals surface area contributed by atoms with E-state index in [0.717, 1.165) is 37.8 Å². The number of unbranched alkanes of at least 4 members (excludes halogenated alkanes) is 2. The van der Waals surface area contributed by atoms with Crippen molar-refractivity contribution in [2.75, 3.05) is 0 Å². The number of nitro benzene ring substituents is 1. The van der Waals surface area contributed by atoms with Crippen LogP contribution in [-0.4, -0.2) is 22.0 Å². The van der Waals surface area contributed by atoms with Crippen molar-refractivity contribution < 1.29 is 14.8 Å². The highest BCUT2D eigenvalue weighted by Crippen LogP contribution is 2.26. The molecule has 0 aliphatic rings. The van der Waals surface area contributed by atoms with Crippen LogP contribution in [0.5, 0.6) is 5.75 Å². The van der Waals surface area contributed by atoms with Gasteiger partial charge in [-0.1, -0.05) is 26.2 Å². The summed E-state index contributed by atoms with van der Waals surface area (Å²) in [5, 5.41) is 22.9. The summed E-state index contributed by atoms with van der Waals surface area (Å²) in [4.78, 5) is 21.8. The quantitative estimate of drug-likeness (QED) is 0.456. The number of amides is 1. The van der Waals surface area contributed by atoms with Crippen LogP contribution in [0.1, 0.15) is 49.9 Å². The first-order valence-electron chi connectivity index (χ1n) is 6.74. The summed E-state index contributed by atoms with van der Waals surface area (Å²) < 4.78 is 0. The van der Waals surface area contributed by atoms with Crippen molar-refractivity contribution in [1.82, 2.24) is 5.32 Å². The monoisotopic (exact) mass is 280 g/mol. The van der Waals surface area contributed by atoms with Gasteiger partial charge in [0.15, 0.2) is 5.75 Å². The summed E-state index contributed by atoms with van der Waals surface area (Å²) >= 11 is 0. The van der Waals surface area contributed by atoms with Gasteiger partial charge in [-0.3, -0.25) is 14.9 Å². The summed E-state index contributed by atoms with van der Waals surface area (Å²) in [6.07, 6.45) is 4.18. The molecule has 1 amide bonds. The maximum Gasteiger partial charge on any atom is 0.310 e. The molecule has 2 N–H and O–H groups in total. The van der Waals surface area contributed by atoms with Gasteiger partial charge in [-0.15, -0.1) is 0 Å². The number of carbonyl (C=O) groups excluding carboxylic acids is 1. The van der Waals surface area contributed by atoms with E-state index >= 15 is 0 Å². The lowest BCUT2D eigenvalue weighted by molar-refractivity contribution is -0.385. The zero-order valence-corrected chi connectivity index (χ0v) is 11.8. The second-order valence-electron chi connectivity index (χ2n) is 4.83. The number of hydrogen-bond acceptors (Lipinski definition) is 4. The Morgan fingerprint density at radius 2 is 2.15 bits per heavy atom. The topological polar surface area (TPSA) is 92.5 Å². The van der Waals surface area contributed by atoms with E-state index < -0.39 is 16.4 Å². The van der Waals surface area contributed by atoms with Gasteiger partial charge in [0, 0.05) is 17.7 Å². The van der Waals surface area contributed by atoms with Gasteiger partial charge in [0.1, 0.15) is 0 Å². The highest BCUT2D eigenvalue weighted by atomic mass is 16.6. The fourth-order valence-corrected chi connectivity index (χ4v) is 1.90. The predicted molar refractivity (Wildman–Crippen MR) is 75.8 cm³/mol. The van der Waals surface area contributed by atoms with Crippen LogP contribution < -0.4 is 5.32 Å². The van der Waals surface area contributed by atoms with E-state index in [-0.39, 0.29) is 17.5 Å². The molecule has 1 rings (SSSR count). The first-order valence-corrected chi connectivity index (χ1v) is 6.74. The molecule has 0 saturated carbocycles. The van der Waals surface area contributed by atoms with Crippen LogP contribution in [-0.2, 0) is 0 Å². The third kappa shape index (κ3) is 4.53. The summed E-state index contributed by atoms with van der Waals surface area (Å²) in [7, 11) is 0. The number of rotatable bonds is 7. The van der Waals surface area contributed by atoms with E-state index in [0.29, 0.717) is 0 Å². The van der Waals surface area contributed by atoms with Crippen LogP contribution >= 0.6 is 0 Å². The third-order valence-electron chi connectivity index (χ3n) is 3.05. The Labute approximate surface area is 118 Å². The Balaban J connectivity index is 2.64. The lowest BCUT2D eigenvalue weighted by atomic mass is 10.1. The molecule has 0 aliphatic heterocycles. The molecule has 0 heterocycles. The lowest BCUT2D eigenvalue weighted by Gasteiger charge is -2.13. The molecule has 0 aromatic heterocycles. The van der Waals surface area contributed by atoms with E-state index in [2.05, 4.69) is 12.2 Å². The Kier molecular flexibility index (Phi) is 5.96. The Morgan fingerprint density at radius 3 is 2.70 bits per heavy atom. The fourth-order valence-electron chi connectivity index (χ4n) is 1.90. The molecular formula is C14H20N2O4. The van der Waals surface area contributed by atoms with E-state index in [1.807, 2.05) is 6.92 Å². The molecule has 6 nitrogen and oxygen atoms in total. The fraction of sp³-hybridized carbons (Fsp3) is 0.500. The summed E-state index contributed by atoms with van der Waals surface area (Å²) in [5.74, 6) is -0.833. The van der Waals surface area contributed by atoms with Crippen molar-refractivity contribution in [2.24, 2.45) is 0 Å². The lowest BCUT2D eigenvalue weighted by Crippen LogP contribution is -2.32. The second-order valence-corrected chi connectivity index (χ2v) is 4.83. The van der Waals surface area contributed by atoms with Crippen LogP contribution in [0, 0.1) is 10.1 Å². The van der Waals surface area contributed by atoms with Crippen LogP contribution in [0.2, 0.25) is 0 Å². The SMILES string of the molecule is CCCCCC(C)NC(=O)c1ccc([N+](=O)[O-])c(O)c1. The maximum atomic E-state index is 11.9. The molecule has 110 valence electrons. The van der Waals surface area contributed by atoms with Gasteiger partial charge in [0.2, 0.25) is 0 Å². The second kappa shape index (κ2) is 7.47. The molecule has 0 aliphatic carbocycles. The van der Waals surface area contributed by atoms with Crippen LogP contribution in [0.25, 0.3) is 0 Å². The molecule has 20 heavy (non-hydrogen) atoms. The average molecular weight is 280 g/mol. The summed E-state index contributed by atoms with van der Waals surface area (Å²) in [6, 6.07) is 3.62. The first kappa shape index (κ1) is 15.9. The van der Waals surface area contributed by atoms with Crippen LogP contribution in [0.4, 0.5) is 5.69 Å². The maximum absolute atomic E-state index is 11.9. The molecular weight excluding hydrogens is 260 g/mol. The zero-order chi connectivity index (χ0) is 15.1. The minimum absolute atomic E-state index is 0.0337. The smallest absolute Gasteiger partial charge is 0.310 e. The average Bonchev–Trinajstić information content (AvgIpc) is 2.38. The van der Waals surface area contributed by atoms with Crippen molar-refractivity contribution in [1.29, 1.82) is 0 Å². The number of nitrogens with zero attached hydrogens (tertiary/aromatic N) is 1. The zero-order valence-electron chi connectivity index (χ0n) is 11.8. The first-order chi connectivity index (χ1) is 9.45. The van der Waals surface area contributed by atoms with Crippen molar-refractivity contribution in [2.45, 2.75) is 45.6 Å². The highest BCUT2D eigenvalue weighted by molar-refractivity contribution is 5.95. The number of phenolic OH excluding ortho intramolecular Hbond substituents is 1. The molecule has 1 aromatic rings. The van der Waals surface area contributed by atoms with Crippen LogP contribution in [0.15, 0.2) is 18.2 Å². The summed E-state index contributed by atoms with van der Waals surface area (Å²) in [6.45, 7) is 4.03. The highest BCUT2D eigenvalue weighted by Gasteiger charge is 2.16. The molecule has 1 aromatic carbocycles. The molecule has 6 heteroatoms. The third-order valence-corrected chi connectivity index (χ3v) is 3.05. The number of phenols is 1. The standard InChI is InChI=1S/C14H20N2O4/c1-3-4-5-6-10(2)15-14(18)11-7-8-12(16(19)20)13(17)9-11/h7-10,17H,3-6H2,1-2H3,(H,15,18). The van der Waals surface area contributed by atoms with E-state index in [1.165, 1.54) is 6.07 Å². The molecule has 0 fully saturated rings. The molecule has 1 unspecified atom stereocenters. The molecule has 1 atom stereocenters. The number of hydrogen-bond donors (Lipinski definition) is 2. The van der Waals surface area contributed by atoms with Gasteiger partial charge in [0.25, 0.3) is 5.91 Å². The Bertz CT molecular complexity index is 488. The number of aromatic hydroxyl groups is 1. The minimum Gasteiger partial charge on any atom is -0.502 e. The number of nitro groups is 1. The Hall–Kier alpha value is -2.11. The van der Waals surface area contributed by atoms with Gasteiger partial charge >= 0.3 is 5.69 Å². The van der Waals surface area contributed by atoms with Crippen molar-refractivity contribution in [3.8, 4) is 5.75 Å². The van der Waals surface area contributed by atoms with Crippen molar-refractivity contribution in [3.63, 3.8) is 0 Å². The van der Waals surface area contributed by atoms with Gasteiger partial charge in [-0.2, -0.15) is 0 Å². The van der Waals surface area contributed by atoms with Gasteiger partial charge in [0.05, 0.1) is 4.92 Å². The van der Waals surface area contributed by atoms with E-state index in [4.69, 9.17) is 0 Å². The molecule has 0 saturated heterocycles. The number of nitrogens with one attached hydrogen (secondary N) is 1. The summed E-state index contributed by atoms with van der Waals surface area (Å²) in [5.41, 5.74) is -0.187. The molecule has 0 bridgehead atoms. The number of benzene rings is 1. The van der Waals surface area contributed by atoms with Crippen LogP contribution in [0.3, 0.4) is 0 Å². The number of carbonyl (C=O) groups is 1. The van der Waals surface area contributed by atoms with E-state index in [9.17, 15) is 20.0 Å². The van der Waals surface area contributed by atoms with E-state index in [1.54, 1.807) is 0 Å². The minimum atomic E-state index is -0.690.